The van der Waals surface area contributed by atoms with Crippen LogP contribution < -0.4 is 20.9 Å². The number of benzene rings is 2. The highest BCUT2D eigenvalue weighted by Crippen LogP contribution is 2.49. The fourth-order valence-electron chi connectivity index (χ4n) is 4.79. The van der Waals surface area contributed by atoms with Gasteiger partial charge in [-0.05, 0) is 43.7 Å². The Balaban J connectivity index is 1.46. The summed E-state index contributed by atoms with van der Waals surface area (Å²) in [5.74, 6) is -1.15. The van der Waals surface area contributed by atoms with Gasteiger partial charge in [-0.3, -0.25) is 23.7 Å². The summed E-state index contributed by atoms with van der Waals surface area (Å²) in [7, 11) is -4.74. The number of aliphatic hydroxyl groups is 2. The number of nitrogens with two attached hydrogens (primary N) is 1. The predicted molar refractivity (Wildman–Crippen MR) is 155 cm³/mol. The fourth-order valence-corrected chi connectivity index (χ4v) is 6.31. The first-order valence-electron chi connectivity index (χ1n) is 13.7. The number of nitrogens with one attached hydrogen (secondary N) is 2. The molecule has 0 amide bonds. The van der Waals surface area contributed by atoms with E-state index in [1.807, 2.05) is 12.1 Å². The van der Waals surface area contributed by atoms with E-state index in [4.69, 9.17) is 24.3 Å². The third-order valence-corrected chi connectivity index (χ3v) is 8.64. The number of esters is 1. The summed E-state index contributed by atoms with van der Waals surface area (Å²) in [6.45, 7) is 3.20. The Morgan fingerprint density at radius 1 is 1.22 bits per heavy atom. The number of aliphatic hydroxyl groups excluding tert-OH is 2. The number of anilines is 1. The number of hydrogen-bond donors (Lipinski definition) is 5. The van der Waals surface area contributed by atoms with Crippen molar-refractivity contribution in [2.24, 2.45) is 0 Å². The van der Waals surface area contributed by atoms with Crippen LogP contribution in [0.3, 0.4) is 0 Å². The van der Waals surface area contributed by atoms with Crippen molar-refractivity contribution in [1.82, 2.24) is 24.6 Å². The van der Waals surface area contributed by atoms with E-state index in [-0.39, 0.29) is 22.9 Å². The second-order valence-corrected chi connectivity index (χ2v) is 12.4. The van der Waals surface area contributed by atoms with Crippen molar-refractivity contribution in [1.29, 1.82) is 0 Å². The molecule has 6 N–H and O–H groups in total. The monoisotopic (exact) mass is 652 g/mol. The van der Waals surface area contributed by atoms with Crippen LogP contribution in [-0.4, -0.2) is 78.7 Å². The first kappa shape index (κ1) is 32.4. The Kier molecular flexibility index (Phi) is 8.95. The van der Waals surface area contributed by atoms with Crippen LogP contribution in [0.2, 0.25) is 0 Å². The lowest BCUT2D eigenvalue weighted by Gasteiger charge is -2.32. The number of aromatic nitrogens is 4. The zero-order valence-electron chi connectivity index (χ0n) is 24.2. The van der Waals surface area contributed by atoms with Crippen molar-refractivity contribution in [3.05, 3.63) is 59.1 Å². The molecular weight excluding hydrogens is 621 g/mol. The molecule has 3 heterocycles. The first-order chi connectivity index (χ1) is 21.2. The molecule has 1 aliphatic heterocycles. The summed E-state index contributed by atoms with van der Waals surface area (Å²) in [4.78, 5) is 34.8. The van der Waals surface area contributed by atoms with E-state index >= 15 is 0 Å². The van der Waals surface area contributed by atoms with Gasteiger partial charge in [-0.1, -0.05) is 30.3 Å². The minimum Gasteiger partial charge on any atom is -0.462 e. The normalized spacial score (nSPS) is 23.9. The molecule has 0 aliphatic carbocycles. The fraction of sp³-hybridized carbons (Fsp3) is 0.407. The largest absolute Gasteiger partial charge is 0.462 e. The smallest absolute Gasteiger partial charge is 0.459 e. The van der Waals surface area contributed by atoms with E-state index in [0.717, 1.165) is 16.3 Å². The number of nitrogens with zero attached hydrogens (tertiary/aromatic N) is 3. The molecule has 6 atom stereocenters. The van der Waals surface area contributed by atoms with Gasteiger partial charge in [0.25, 0.3) is 12.0 Å². The number of carbonyl (C=O) groups excluding carboxylic acids is 1. The van der Waals surface area contributed by atoms with Gasteiger partial charge in [-0.25, -0.2) is 18.3 Å². The van der Waals surface area contributed by atoms with E-state index in [1.54, 1.807) is 32.0 Å². The van der Waals surface area contributed by atoms with Crippen LogP contribution in [-0.2, 0) is 23.4 Å². The molecule has 0 saturated carbocycles. The predicted octanol–water partition coefficient (Wildman–Crippen LogP) is 2.24. The lowest BCUT2D eigenvalue weighted by Crippen LogP contribution is -2.53. The Morgan fingerprint density at radius 2 is 1.93 bits per heavy atom. The van der Waals surface area contributed by atoms with E-state index < -0.39 is 68.5 Å². The highest BCUT2D eigenvalue weighted by atomic mass is 31.2. The minimum absolute atomic E-state index is 0.00428. The summed E-state index contributed by atoms with van der Waals surface area (Å²) in [6.07, 6.45) is -9.17. The van der Waals surface area contributed by atoms with Crippen molar-refractivity contribution in [3.63, 3.8) is 0 Å². The second kappa shape index (κ2) is 12.4. The topological polar surface area (TPSA) is 213 Å². The number of rotatable bonds is 11. The van der Waals surface area contributed by atoms with E-state index in [1.165, 1.54) is 19.1 Å². The molecule has 6 unspecified atom stereocenters. The van der Waals surface area contributed by atoms with Gasteiger partial charge < -0.3 is 29.9 Å². The Hall–Kier alpha value is -3.99. The molecule has 1 saturated heterocycles. The van der Waals surface area contributed by atoms with Crippen LogP contribution in [0.5, 0.6) is 5.75 Å². The van der Waals surface area contributed by atoms with Gasteiger partial charge in [0.1, 0.15) is 24.0 Å². The molecule has 1 aliphatic rings. The Labute approximate surface area is 253 Å². The van der Waals surface area contributed by atoms with Crippen molar-refractivity contribution >= 4 is 41.6 Å². The lowest BCUT2D eigenvalue weighted by molar-refractivity contribution is -0.191. The molecule has 242 valence electrons. The van der Waals surface area contributed by atoms with Gasteiger partial charge in [0.05, 0.1) is 19.0 Å². The molecule has 4 aromatic rings. The lowest BCUT2D eigenvalue weighted by atomic mass is 9.96. The van der Waals surface area contributed by atoms with Gasteiger partial charge in [0.2, 0.25) is 5.95 Å². The zero-order chi connectivity index (χ0) is 32.7. The second-order valence-electron chi connectivity index (χ2n) is 10.7. The third-order valence-electron chi connectivity index (χ3n) is 7.01. The molecule has 5 rings (SSSR count). The van der Waals surface area contributed by atoms with E-state index in [9.17, 15) is 33.1 Å². The molecule has 0 radical (unpaired) electrons. The first-order valence-corrected chi connectivity index (χ1v) is 15.2. The highest BCUT2D eigenvalue weighted by molar-refractivity contribution is 7.52. The number of nitrogen functional groups attached to an aromatic ring is 1. The number of aromatic amines is 1. The number of alkyl halides is 2. The SMILES string of the molecule is CC(C)OC(=O)C(C)NP(=O)(OCC1(C(F)F)OC(n2cnc3c(=O)[nH]c(N)nc32)C(O)C1O)Oc1ccc2ccccc2c1. The van der Waals surface area contributed by atoms with Crippen LogP contribution in [0.25, 0.3) is 21.9 Å². The molecule has 0 bridgehead atoms. The van der Waals surface area contributed by atoms with Gasteiger partial charge in [-0.2, -0.15) is 10.1 Å². The quantitative estimate of drug-likeness (QED) is 0.116. The molecule has 0 spiro atoms. The Morgan fingerprint density at radius 3 is 2.62 bits per heavy atom. The number of hydrogen-bond acceptors (Lipinski definition) is 12. The van der Waals surface area contributed by atoms with E-state index in [2.05, 4.69) is 20.0 Å². The number of fused-ring (bicyclic) bond motifs is 2. The number of halogens is 2. The molecular formula is C27H31F2N6O9P. The van der Waals surface area contributed by atoms with Crippen LogP contribution >= 0.6 is 7.75 Å². The van der Waals surface area contributed by atoms with Crippen molar-refractivity contribution < 1.29 is 46.9 Å². The third kappa shape index (κ3) is 6.40. The Bertz CT molecular complexity index is 1820. The average molecular weight is 653 g/mol. The van der Waals surface area contributed by atoms with Gasteiger partial charge in [0, 0.05) is 0 Å². The summed E-state index contributed by atoms with van der Waals surface area (Å²) in [6, 6.07) is 10.5. The molecule has 2 aromatic heterocycles. The summed E-state index contributed by atoms with van der Waals surface area (Å²) >= 11 is 0. The number of ether oxygens (including phenoxy) is 2. The molecule has 45 heavy (non-hydrogen) atoms. The average Bonchev–Trinajstić information content (AvgIpc) is 3.50. The summed E-state index contributed by atoms with van der Waals surface area (Å²) in [5, 5.41) is 25.7. The highest BCUT2D eigenvalue weighted by Gasteiger charge is 2.61. The summed E-state index contributed by atoms with van der Waals surface area (Å²) in [5.41, 5.74) is 1.42. The zero-order valence-corrected chi connectivity index (χ0v) is 25.1. The van der Waals surface area contributed by atoms with Crippen molar-refractivity contribution in [3.8, 4) is 5.75 Å². The summed E-state index contributed by atoms with van der Waals surface area (Å²) < 4.78 is 66.4. The minimum atomic E-state index is -4.74. The molecule has 1 fully saturated rings. The van der Waals surface area contributed by atoms with Gasteiger partial charge >= 0.3 is 13.7 Å². The van der Waals surface area contributed by atoms with Crippen LogP contribution in [0.1, 0.15) is 27.0 Å². The number of H-pyrrole nitrogens is 1. The van der Waals surface area contributed by atoms with Gasteiger partial charge in [-0.15, -0.1) is 0 Å². The number of imidazole rings is 1. The van der Waals surface area contributed by atoms with Crippen LogP contribution in [0.15, 0.2) is 53.6 Å². The maximum absolute atomic E-state index is 14.8. The maximum Gasteiger partial charge on any atom is 0.459 e. The number of carbonyl (C=O) groups is 1. The van der Waals surface area contributed by atoms with Crippen LogP contribution in [0, 0.1) is 0 Å². The van der Waals surface area contributed by atoms with Crippen molar-refractivity contribution in [2.75, 3.05) is 12.3 Å². The van der Waals surface area contributed by atoms with Gasteiger partial charge in [0.15, 0.2) is 23.0 Å². The maximum atomic E-state index is 14.8. The van der Waals surface area contributed by atoms with Crippen molar-refractivity contribution in [2.45, 2.75) is 63.4 Å². The van der Waals surface area contributed by atoms with E-state index in [0.29, 0.717) is 5.39 Å². The van der Waals surface area contributed by atoms with Crippen LogP contribution in [0.4, 0.5) is 14.7 Å². The standard InChI is InChI=1S/C27H31F2N6O9P/c1-13(2)42-24(39)14(3)34-45(40,44-17-9-8-15-6-4-5-7-16(15)10-17)41-11-27(25(28)29)20(37)19(36)23(43-27)35-12-31-18-21(35)32-26(30)33-22(18)38/h4-10,12-14,19-20,23,25,36-37H,11H2,1-3H3,(H,34,40)(H3,30,32,33,38). The molecule has 18 heteroatoms. The molecule has 15 nitrogen and oxygen atoms in total. The molecule has 2 aromatic carbocycles.